The molecular weight excluding hydrogens is 352 g/mol. The van der Waals surface area contributed by atoms with Crippen molar-refractivity contribution in [3.8, 4) is 5.75 Å². The molecule has 0 saturated carbocycles. The maximum Gasteiger partial charge on any atom is 0.269 e. The summed E-state index contributed by atoms with van der Waals surface area (Å²) in [6.45, 7) is 0.710. The SMILES string of the molecule is COc1ccc(NC(=O)C2=C3CCCN3c3ccccc3S2(=O)=O)cc1. The maximum atomic E-state index is 13.1. The van der Waals surface area contributed by atoms with E-state index >= 15 is 0 Å². The van der Waals surface area contributed by atoms with Gasteiger partial charge >= 0.3 is 0 Å². The Balaban J connectivity index is 1.75. The van der Waals surface area contributed by atoms with Crippen molar-refractivity contribution in [2.24, 2.45) is 0 Å². The number of rotatable bonds is 3. The van der Waals surface area contributed by atoms with Crippen molar-refractivity contribution in [2.75, 3.05) is 23.9 Å². The molecule has 2 aromatic rings. The van der Waals surface area contributed by atoms with Gasteiger partial charge in [0, 0.05) is 17.9 Å². The van der Waals surface area contributed by atoms with Crippen LogP contribution in [0.2, 0.25) is 0 Å². The molecule has 2 aliphatic heterocycles. The molecule has 1 fully saturated rings. The number of fused-ring (bicyclic) bond motifs is 3. The maximum absolute atomic E-state index is 13.1. The highest BCUT2D eigenvalue weighted by Crippen LogP contribution is 2.43. The number of amides is 1. The lowest BCUT2D eigenvalue weighted by molar-refractivity contribution is -0.112. The van der Waals surface area contributed by atoms with Gasteiger partial charge in [-0.3, -0.25) is 4.79 Å². The Morgan fingerprint density at radius 2 is 1.85 bits per heavy atom. The zero-order valence-electron chi connectivity index (χ0n) is 14.2. The summed E-state index contributed by atoms with van der Waals surface area (Å²) in [5.74, 6) is 0.0535. The zero-order chi connectivity index (χ0) is 18.3. The van der Waals surface area contributed by atoms with Crippen molar-refractivity contribution >= 4 is 27.1 Å². The second-order valence-corrected chi connectivity index (χ2v) is 8.04. The lowest BCUT2D eigenvalue weighted by atomic mass is 10.2. The van der Waals surface area contributed by atoms with Crippen molar-refractivity contribution in [3.05, 3.63) is 59.1 Å². The van der Waals surface area contributed by atoms with Crippen LogP contribution in [-0.4, -0.2) is 28.0 Å². The predicted molar refractivity (Wildman–Crippen MR) is 98.9 cm³/mol. The molecule has 1 amide bonds. The molecule has 0 aliphatic carbocycles. The highest BCUT2D eigenvalue weighted by Gasteiger charge is 2.41. The number of para-hydroxylation sites is 1. The summed E-state index contributed by atoms with van der Waals surface area (Å²) in [6.07, 6.45) is 1.39. The molecule has 0 unspecified atom stereocenters. The van der Waals surface area contributed by atoms with E-state index in [1.165, 1.54) is 0 Å². The van der Waals surface area contributed by atoms with Gasteiger partial charge in [-0.1, -0.05) is 12.1 Å². The third-order valence-electron chi connectivity index (χ3n) is 4.65. The number of anilines is 2. The van der Waals surface area contributed by atoms with Gasteiger partial charge in [-0.25, -0.2) is 8.42 Å². The number of benzene rings is 2. The average Bonchev–Trinajstić information content (AvgIpc) is 3.11. The van der Waals surface area contributed by atoms with E-state index in [1.54, 1.807) is 49.6 Å². The van der Waals surface area contributed by atoms with Crippen LogP contribution in [0.4, 0.5) is 11.4 Å². The van der Waals surface area contributed by atoms with Crippen LogP contribution in [0.15, 0.2) is 64.0 Å². The molecule has 2 heterocycles. The molecule has 0 aromatic heterocycles. The first-order chi connectivity index (χ1) is 12.5. The van der Waals surface area contributed by atoms with E-state index in [1.807, 2.05) is 11.0 Å². The number of allylic oxidation sites excluding steroid dienone is 1. The number of sulfone groups is 1. The molecule has 7 heteroatoms. The van der Waals surface area contributed by atoms with Crippen LogP contribution in [0.5, 0.6) is 5.75 Å². The van der Waals surface area contributed by atoms with Crippen LogP contribution in [0.3, 0.4) is 0 Å². The number of ether oxygens (including phenoxy) is 1. The summed E-state index contributed by atoms with van der Waals surface area (Å²) >= 11 is 0. The number of nitrogens with one attached hydrogen (secondary N) is 1. The molecule has 26 heavy (non-hydrogen) atoms. The normalized spacial score (nSPS) is 17.5. The number of carbonyl (C=O) groups is 1. The lowest BCUT2D eigenvalue weighted by Crippen LogP contribution is -2.32. The molecule has 1 saturated heterocycles. The molecule has 0 atom stereocenters. The van der Waals surface area contributed by atoms with Crippen LogP contribution in [0.25, 0.3) is 0 Å². The largest absolute Gasteiger partial charge is 0.497 e. The Hall–Kier alpha value is -2.80. The van der Waals surface area contributed by atoms with Gasteiger partial charge in [0.2, 0.25) is 9.84 Å². The third kappa shape index (κ3) is 2.55. The number of hydrogen-bond donors (Lipinski definition) is 1. The topological polar surface area (TPSA) is 75.7 Å². The van der Waals surface area contributed by atoms with Crippen molar-refractivity contribution < 1.29 is 17.9 Å². The predicted octanol–water partition coefficient (Wildman–Crippen LogP) is 2.93. The average molecular weight is 370 g/mol. The fourth-order valence-electron chi connectivity index (χ4n) is 3.46. The van der Waals surface area contributed by atoms with Crippen molar-refractivity contribution in [2.45, 2.75) is 17.7 Å². The second kappa shape index (κ2) is 6.17. The fourth-order valence-corrected chi connectivity index (χ4v) is 5.21. The van der Waals surface area contributed by atoms with Gasteiger partial charge in [0.05, 0.1) is 17.7 Å². The molecule has 0 spiro atoms. The summed E-state index contributed by atoms with van der Waals surface area (Å²) in [6, 6.07) is 13.6. The smallest absolute Gasteiger partial charge is 0.269 e. The van der Waals surface area contributed by atoms with E-state index in [9.17, 15) is 13.2 Å². The first kappa shape index (κ1) is 16.7. The van der Waals surface area contributed by atoms with Crippen molar-refractivity contribution in [1.82, 2.24) is 0 Å². The number of hydrogen-bond acceptors (Lipinski definition) is 5. The van der Waals surface area contributed by atoms with Crippen LogP contribution in [0, 0.1) is 0 Å². The summed E-state index contributed by atoms with van der Waals surface area (Å²) in [5.41, 5.74) is 1.75. The Bertz CT molecular complexity index is 1010. The molecule has 1 N–H and O–H groups in total. The van der Waals surface area contributed by atoms with Crippen LogP contribution in [-0.2, 0) is 14.6 Å². The van der Waals surface area contributed by atoms with Gasteiger partial charge < -0.3 is 15.0 Å². The first-order valence-corrected chi connectivity index (χ1v) is 9.81. The van der Waals surface area contributed by atoms with E-state index in [0.29, 0.717) is 35.8 Å². The highest BCUT2D eigenvalue weighted by atomic mass is 32.2. The summed E-state index contributed by atoms with van der Waals surface area (Å²) in [7, 11) is -2.31. The molecule has 4 rings (SSSR count). The number of carbonyl (C=O) groups excluding carboxylic acids is 1. The fraction of sp³-hybridized carbons (Fsp3) is 0.211. The highest BCUT2D eigenvalue weighted by molar-refractivity contribution is 7.96. The Morgan fingerprint density at radius 1 is 1.12 bits per heavy atom. The van der Waals surface area contributed by atoms with E-state index in [0.717, 1.165) is 6.42 Å². The molecule has 0 radical (unpaired) electrons. The van der Waals surface area contributed by atoms with Gasteiger partial charge in [-0.15, -0.1) is 0 Å². The minimum Gasteiger partial charge on any atom is -0.497 e. The van der Waals surface area contributed by atoms with Gasteiger partial charge in [-0.05, 0) is 49.2 Å². The molecule has 6 nitrogen and oxygen atoms in total. The van der Waals surface area contributed by atoms with E-state index in [2.05, 4.69) is 5.32 Å². The standard InChI is InChI=1S/C19H18N2O4S/c1-25-14-10-8-13(9-11-14)20-19(22)18-16-6-4-12-21(16)15-5-2-3-7-17(15)26(18,23)24/h2-3,5,7-11H,4,6,12H2,1H3,(H,20,22). The second-order valence-electron chi connectivity index (χ2n) is 6.18. The van der Waals surface area contributed by atoms with Gasteiger partial charge in [0.1, 0.15) is 5.75 Å². The minimum atomic E-state index is -3.87. The third-order valence-corrected chi connectivity index (χ3v) is 6.53. The molecule has 2 aliphatic rings. The Kier molecular flexibility index (Phi) is 3.96. The van der Waals surface area contributed by atoms with Crippen LogP contribution < -0.4 is 15.0 Å². The Morgan fingerprint density at radius 3 is 2.58 bits per heavy atom. The lowest BCUT2D eigenvalue weighted by Gasteiger charge is -2.29. The van der Waals surface area contributed by atoms with E-state index in [-0.39, 0.29) is 9.80 Å². The molecule has 134 valence electrons. The summed E-state index contributed by atoms with van der Waals surface area (Å²) in [4.78, 5) is 14.9. The quantitative estimate of drug-likeness (QED) is 0.899. The van der Waals surface area contributed by atoms with E-state index in [4.69, 9.17) is 4.74 Å². The monoisotopic (exact) mass is 370 g/mol. The van der Waals surface area contributed by atoms with Crippen LogP contribution in [0.1, 0.15) is 12.8 Å². The first-order valence-electron chi connectivity index (χ1n) is 8.32. The molecule has 2 aromatic carbocycles. The summed E-state index contributed by atoms with van der Waals surface area (Å²) in [5, 5.41) is 2.70. The Labute approximate surface area is 152 Å². The minimum absolute atomic E-state index is 0.149. The summed E-state index contributed by atoms with van der Waals surface area (Å²) < 4.78 is 31.3. The zero-order valence-corrected chi connectivity index (χ0v) is 15.0. The number of methoxy groups -OCH3 is 1. The van der Waals surface area contributed by atoms with Gasteiger partial charge in [0.25, 0.3) is 5.91 Å². The molecular formula is C19H18N2O4S. The van der Waals surface area contributed by atoms with Crippen LogP contribution >= 0.6 is 0 Å². The number of nitrogens with zero attached hydrogens (tertiary/aromatic N) is 1. The van der Waals surface area contributed by atoms with Crippen molar-refractivity contribution in [3.63, 3.8) is 0 Å². The molecule has 0 bridgehead atoms. The van der Waals surface area contributed by atoms with Gasteiger partial charge in [0.15, 0.2) is 4.91 Å². The van der Waals surface area contributed by atoms with Gasteiger partial charge in [-0.2, -0.15) is 0 Å². The van der Waals surface area contributed by atoms with Crippen molar-refractivity contribution in [1.29, 1.82) is 0 Å². The van der Waals surface area contributed by atoms with E-state index < -0.39 is 15.7 Å².